The lowest BCUT2D eigenvalue weighted by atomic mass is 10.2. The first-order chi connectivity index (χ1) is 12.6. The molecule has 2 aromatic rings. The molecule has 1 amide bonds. The Bertz CT molecular complexity index is 747. The molecular weight excluding hydrogens is 375 g/mol. The standard InChI is InChI=1S/C19H20Cl2N2O3/c20-15-3-6-17(21)18(11-15)26-13-19(24)22-16-4-1-14(2-5-16)12-23-7-9-25-10-8-23/h1-6,11H,7-10,12-13H2,(H,22,24)/p+1. The van der Waals surface area contributed by atoms with Crippen molar-refractivity contribution in [2.24, 2.45) is 0 Å². The largest absolute Gasteiger partial charge is 0.482 e. The Morgan fingerprint density at radius 3 is 2.58 bits per heavy atom. The molecule has 1 aliphatic heterocycles. The fraction of sp³-hybridized carbons (Fsp3) is 0.316. The van der Waals surface area contributed by atoms with Crippen LogP contribution in [-0.2, 0) is 16.1 Å². The molecule has 0 spiro atoms. The third kappa shape index (κ3) is 5.61. The summed E-state index contributed by atoms with van der Waals surface area (Å²) in [5.41, 5.74) is 1.97. The third-order valence-corrected chi connectivity index (χ3v) is 4.69. The van der Waals surface area contributed by atoms with Gasteiger partial charge in [0.15, 0.2) is 6.61 Å². The quantitative estimate of drug-likeness (QED) is 0.789. The van der Waals surface area contributed by atoms with Crippen molar-refractivity contribution in [3.63, 3.8) is 0 Å². The minimum absolute atomic E-state index is 0.139. The summed E-state index contributed by atoms with van der Waals surface area (Å²) in [7, 11) is 0. The van der Waals surface area contributed by atoms with Crippen LogP contribution in [0.2, 0.25) is 10.0 Å². The lowest BCUT2D eigenvalue weighted by Gasteiger charge is -2.23. The van der Waals surface area contributed by atoms with Gasteiger partial charge in [-0.2, -0.15) is 0 Å². The third-order valence-electron chi connectivity index (χ3n) is 4.14. The average molecular weight is 396 g/mol. The average Bonchev–Trinajstić information content (AvgIpc) is 2.65. The summed E-state index contributed by atoms with van der Waals surface area (Å²) in [4.78, 5) is 13.6. The minimum Gasteiger partial charge on any atom is -0.482 e. The lowest BCUT2D eigenvalue weighted by Crippen LogP contribution is -3.12. The second-order valence-corrected chi connectivity index (χ2v) is 6.99. The van der Waals surface area contributed by atoms with Crippen LogP contribution in [0.15, 0.2) is 42.5 Å². The maximum Gasteiger partial charge on any atom is 0.262 e. The summed E-state index contributed by atoms with van der Waals surface area (Å²) in [5.74, 6) is 0.130. The topological polar surface area (TPSA) is 52.0 Å². The number of hydrogen-bond donors (Lipinski definition) is 2. The van der Waals surface area contributed by atoms with Gasteiger partial charge in [0.05, 0.1) is 18.2 Å². The van der Waals surface area contributed by atoms with Gasteiger partial charge in [-0.3, -0.25) is 4.79 Å². The monoisotopic (exact) mass is 395 g/mol. The Labute approximate surface area is 162 Å². The summed E-state index contributed by atoms with van der Waals surface area (Å²) in [5, 5.41) is 3.73. The van der Waals surface area contributed by atoms with Gasteiger partial charge in [0.1, 0.15) is 25.4 Å². The lowest BCUT2D eigenvalue weighted by molar-refractivity contribution is -0.921. The first-order valence-electron chi connectivity index (χ1n) is 8.48. The normalized spacial score (nSPS) is 14.8. The number of carbonyl (C=O) groups is 1. The molecule has 138 valence electrons. The molecule has 1 heterocycles. The highest BCUT2D eigenvalue weighted by molar-refractivity contribution is 6.34. The molecule has 7 heteroatoms. The number of halogens is 2. The van der Waals surface area contributed by atoms with Crippen molar-refractivity contribution >= 4 is 34.8 Å². The molecule has 26 heavy (non-hydrogen) atoms. The van der Waals surface area contributed by atoms with Crippen molar-refractivity contribution in [3.05, 3.63) is 58.1 Å². The zero-order chi connectivity index (χ0) is 18.4. The Morgan fingerprint density at radius 1 is 1.12 bits per heavy atom. The Balaban J connectivity index is 1.48. The molecule has 0 bridgehead atoms. The Morgan fingerprint density at radius 2 is 1.85 bits per heavy atom. The number of benzene rings is 2. The molecule has 0 aliphatic carbocycles. The van der Waals surface area contributed by atoms with Crippen molar-refractivity contribution in [1.29, 1.82) is 0 Å². The van der Waals surface area contributed by atoms with Crippen LogP contribution in [0, 0.1) is 0 Å². The number of quaternary nitrogens is 1. The second-order valence-electron chi connectivity index (χ2n) is 6.15. The van der Waals surface area contributed by atoms with Gasteiger partial charge in [-0.15, -0.1) is 0 Å². The van der Waals surface area contributed by atoms with E-state index >= 15 is 0 Å². The van der Waals surface area contributed by atoms with Crippen LogP contribution in [0.5, 0.6) is 5.75 Å². The number of ether oxygens (including phenoxy) is 2. The van der Waals surface area contributed by atoms with E-state index in [2.05, 4.69) is 5.32 Å². The molecule has 2 aromatic carbocycles. The van der Waals surface area contributed by atoms with Gasteiger partial charge in [-0.25, -0.2) is 0 Å². The highest BCUT2D eigenvalue weighted by Crippen LogP contribution is 2.27. The van der Waals surface area contributed by atoms with E-state index in [1.807, 2.05) is 24.3 Å². The van der Waals surface area contributed by atoms with E-state index in [4.69, 9.17) is 32.7 Å². The summed E-state index contributed by atoms with van der Waals surface area (Å²) < 4.78 is 10.8. The van der Waals surface area contributed by atoms with Crippen LogP contribution in [0.3, 0.4) is 0 Å². The molecule has 1 saturated heterocycles. The summed E-state index contributed by atoms with van der Waals surface area (Å²) in [6, 6.07) is 12.8. The minimum atomic E-state index is -0.257. The number of amides is 1. The highest BCUT2D eigenvalue weighted by Gasteiger charge is 2.14. The zero-order valence-corrected chi connectivity index (χ0v) is 15.8. The van der Waals surface area contributed by atoms with Gasteiger partial charge in [0.25, 0.3) is 5.91 Å². The molecule has 1 aliphatic rings. The first kappa shape index (κ1) is 19.0. The van der Waals surface area contributed by atoms with E-state index in [1.54, 1.807) is 18.2 Å². The van der Waals surface area contributed by atoms with Gasteiger partial charge >= 0.3 is 0 Å². The van der Waals surface area contributed by atoms with Gasteiger partial charge in [0.2, 0.25) is 0 Å². The fourth-order valence-corrected chi connectivity index (χ4v) is 3.09. The zero-order valence-electron chi connectivity index (χ0n) is 14.3. The van der Waals surface area contributed by atoms with Crippen molar-refractivity contribution in [2.75, 3.05) is 38.2 Å². The van der Waals surface area contributed by atoms with E-state index in [0.717, 1.165) is 38.5 Å². The van der Waals surface area contributed by atoms with Crippen LogP contribution < -0.4 is 15.0 Å². The van der Waals surface area contributed by atoms with Crippen LogP contribution in [0.25, 0.3) is 0 Å². The van der Waals surface area contributed by atoms with E-state index in [0.29, 0.717) is 15.8 Å². The van der Waals surface area contributed by atoms with Crippen LogP contribution in [0.1, 0.15) is 5.56 Å². The number of nitrogens with one attached hydrogen (secondary N) is 2. The van der Waals surface area contributed by atoms with Crippen LogP contribution in [-0.4, -0.2) is 38.8 Å². The molecule has 0 saturated carbocycles. The molecule has 0 aromatic heterocycles. The molecule has 3 rings (SSSR count). The summed E-state index contributed by atoms with van der Waals surface area (Å²) >= 11 is 11.9. The molecule has 0 unspecified atom stereocenters. The van der Waals surface area contributed by atoms with Crippen LogP contribution in [0.4, 0.5) is 5.69 Å². The molecular formula is C19H21Cl2N2O3+. The predicted octanol–water partition coefficient (Wildman–Crippen LogP) is 2.43. The maximum absolute atomic E-state index is 12.1. The molecule has 1 fully saturated rings. The Hall–Kier alpha value is -1.79. The number of anilines is 1. The maximum atomic E-state index is 12.1. The Kier molecular flexibility index (Phi) is 6.74. The van der Waals surface area contributed by atoms with Gasteiger partial charge in [-0.1, -0.05) is 35.3 Å². The van der Waals surface area contributed by atoms with Crippen LogP contribution >= 0.6 is 23.2 Å². The van der Waals surface area contributed by atoms with Gasteiger partial charge < -0.3 is 19.7 Å². The van der Waals surface area contributed by atoms with Crippen molar-refractivity contribution in [1.82, 2.24) is 0 Å². The molecule has 0 radical (unpaired) electrons. The van der Waals surface area contributed by atoms with E-state index in [1.165, 1.54) is 10.5 Å². The second kappa shape index (κ2) is 9.24. The molecule has 2 N–H and O–H groups in total. The van der Waals surface area contributed by atoms with Crippen molar-refractivity contribution < 1.29 is 19.2 Å². The van der Waals surface area contributed by atoms with Gasteiger partial charge in [0, 0.05) is 22.3 Å². The number of rotatable bonds is 6. The number of morpholine rings is 1. The molecule has 5 nitrogen and oxygen atoms in total. The van der Waals surface area contributed by atoms with E-state index < -0.39 is 0 Å². The smallest absolute Gasteiger partial charge is 0.262 e. The van der Waals surface area contributed by atoms with Crippen molar-refractivity contribution in [3.8, 4) is 5.75 Å². The highest BCUT2D eigenvalue weighted by atomic mass is 35.5. The first-order valence-corrected chi connectivity index (χ1v) is 9.24. The fourth-order valence-electron chi connectivity index (χ4n) is 2.76. The predicted molar refractivity (Wildman–Crippen MR) is 102 cm³/mol. The summed E-state index contributed by atoms with van der Waals surface area (Å²) in [6.07, 6.45) is 0. The SMILES string of the molecule is O=C(COc1cc(Cl)ccc1Cl)Nc1ccc(C[NH+]2CCOCC2)cc1. The van der Waals surface area contributed by atoms with Gasteiger partial charge in [-0.05, 0) is 24.3 Å². The number of hydrogen-bond acceptors (Lipinski definition) is 3. The van der Waals surface area contributed by atoms with E-state index in [-0.39, 0.29) is 12.5 Å². The van der Waals surface area contributed by atoms with Crippen molar-refractivity contribution in [2.45, 2.75) is 6.54 Å². The number of carbonyl (C=O) groups excluding carboxylic acids is 1. The molecule has 0 atom stereocenters. The summed E-state index contributed by atoms with van der Waals surface area (Å²) in [6.45, 7) is 4.53. The van der Waals surface area contributed by atoms with E-state index in [9.17, 15) is 4.79 Å².